The fourth-order valence-corrected chi connectivity index (χ4v) is 1.89. The van der Waals surface area contributed by atoms with Crippen LogP contribution in [0, 0.1) is 0 Å². The van der Waals surface area contributed by atoms with Gasteiger partial charge in [0.05, 0.1) is 7.11 Å². The zero-order valence-corrected chi connectivity index (χ0v) is 10.4. The van der Waals surface area contributed by atoms with Gasteiger partial charge in [-0.15, -0.1) is 0 Å². The van der Waals surface area contributed by atoms with E-state index in [1.54, 1.807) is 31.4 Å². The summed E-state index contributed by atoms with van der Waals surface area (Å²) in [6.07, 6.45) is 0. The Hall–Kier alpha value is -2.08. The number of benzene rings is 1. The molecule has 1 heterocycles. The molecule has 0 radical (unpaired) electrons. The van der Waals surface area contributed by atoms with Crippen LogP contribution < -0.4 is 10.1 Å². The van der Waals surface area contributed by atoms with E-state index < -0.39 is 17.7 Å². The summed E-state index contributed by atoms with van der Waals surface area (Å²) in [5, 5.41) is 2.54. The number of hydrogen-bond acceptors (Lipinski definition) is 4. The number of carbonyl (C=O) groups excluding carboxylic acids is 2. The number of nitrogens with one attached hydrogen (secondary N) is 1. The predicted octanol–water partition coefficient (Wildman–Crippen LogP) is 0.676. The number of amides is 3. The first-order valence-corrected chi connectivity index (χ1v) is 5.35. The van der Waals surface area contributed by atoms with Crippen molar-refractivity contribution in [2.45, 2.75) is 5.72 Å². The summed E-state index contributed by atoms with van der Waals surface area (Å²) >= 11 is 0. The lowest BCUT2D eigenvalue weighted by Crippen LogP contribution is -2.45. The molecule has 96 valence electrons. The summed E-state index contributed by atoms with van der Waals surface area (Å²) in [5.41, 5.74) is -0.897. The Balaban J connectivity index is 2.44. The molecule has 3 amide bonds. The Labute approximate surface area is 104 Å². The van der Waals surface area contributed by atoms with Crippen LogP contribution in [-0.2, 0) is 15.3 Å². The van der Waals surface area contributed by atoms with Crippen LogP contribution in [-0.4, -0.2) is 38.1 Å². The van der Waals surface area contributed by atoms with Crippen LogP contribution in [0.2, 0.25) is 0 Å². The van der Waals surface area contributed by atoms with Crippen LogP contribution in [0.4, 0.5) is 4.79 Å². The summed E-state index contributed by atoms with van der Waals surface area (Å²) in [5.74, 6) is 0.218. The van der Waals surface area contributed by atoms with Gasteiger partial charge in [-0.3, -0.25) is 15.0 Å². The number of likely N-dealkylation sites (N-methyl/N-ethyl adjacent to an activating group) is 1. The lowest BCUT2D eigenvalue weighted by Gasteiger charge is -2.25. The lowest BCUT2D eigenvalue weighted by molar-refractivity contribution is -0.148. The van der Waals surface area contributed by atoms with Crippen molar-refractivity contribution in [3.05, 3.63) is 29.8 Å². The molecule has 1 atom stereocenters. The fraction of sp³-hybridized carbons (Fsp3) is 0.333. The molecule has 0 aliphatic carbocycles. The van der Waals surface area contributed by atoms with Gasteiger partial charge in [0.25, 0.3) is 5.91 Å². The number of ether oxygens (including phenoxy) is 2. The molecule has 1 saturated heterocycles. The smallest absolute Gasteiger partial charge is 0.326 e. The average Bonchev–Trinajstić information content (AvgIpc) is 2.64. The largest absolute Gasteiger partial charge is 0.497 e. The molecule has 0 bridgehead atoms. The molecule has 1 aliphatic heterocycles. The molecule has 0 saturated carbocycles. The summed E-state index contributed by atoms with van der Waals surface area (Å²) in [4.78, 5) is 24.6. The molecular weight excluding hydrogens is 236 g/mol. The van der Waals surface area contributed by atoms with E-state index in [1.807, 2.05) is 0 Å². The highest BCUT2D eigenvalue weighted by atomic mass is 16.5. The minimum absolute atomic E-state index is 0.444. The maximum atomic E-state index is 12.1. The number of nitrogens with zero attached hydrogens (tertiary/aromatic N) is 1. The van der Waals surface area contributed by atoms with Crippen LogP contribution >= 0.6 is 0 Å². The molecule has 1 aliphatic rings. The molecule has 6 nitrogen and oxygen atoms in total. The minimum Gasteiger partial charge on any atom is -0.497 e. The fourth-order valence-electron chi connectivity index (χ4n) is 1.89. The monoisotopic (exact) mass is 250 g/mol. The maximum Gasteiger partial charge on any atom is 0.326 e. The molecule has 18 heavy (non-hydrogen) atoms. The van der Waals surface area contributed by atoms with Crippen LogP contribution in [0.25, 0.3) is 0 Å². The van der Waals surface area contributed by atoms with Gasteiger partial charge in [-0.05, 0) is 24.3 Å². The molecule has 1 aromatic rings. The number of carbonyl (C=O) groups is 2. The number of urea groups is 1. The van der Waals surface area contributed by atoms with Crippen molar-refractivity contribution in [3.8, 4) is 5.75 Å². The third-order valence-corrected chi connectivity index (χ3v) is 3.00. The highest BCUT2D eigenvalue weighted by Gasteiger charge is 2.51. The minimum atomic E-state index is -1.45. The Bertz CT molecular complexity index is 485. The molecule has 1 N–H and O–H groups in total. The van der Waals surface area contributed by atoms with Gasteiger partial charge >= 0.3 is 6.03 Å². The number of hydrogen-bond donors (Lipinski definition) is 1. The third-order valence-electron chi connectivity index (χ3n) is 3.00. The van der Waals surface area contributed by atoms with Gasteiger partial charge in [0.1, 0.15) is 5.75 Å². The van der Waals surface area contributed by atoms with Crippen molar-refractivity contribution in [2.24, 2.45) is 0 Å². The Morgan fingerprint density at radius 3 is 2.17 bits per heavy atom. The molecule has 0 unspecified atom stereocenters. The van der Waals surface area contributed by atoms with E-state index in [-0.39, 0.29) is 0 Å². The van der Waals surface area contributed by atoms with Gasteiger partial charge in [-0.2, -0.15) is 0 Å². The van der Waals surface area contributed by atoms with Crippen molar-refractivity contribution < 1.29 is 19.1 Å². The second kappa shape index (κ2) is 4.30. The zero-order valence-electron chi connectivity index (χ0n) is 10.4. The molecule has 2 rings (SSSR count). The third kappa shape index (κ3) is 1.62. The maximum absolute atomic E-state index is 12.1. The van der Waals surface area contributed by atoms with Crippen LogP contribution in [0.1, 0.15) is 5.56 Å². The predicted molar refractivity (Wildman–Crippen MR) is 63.0 cm³/mol. The van der Waals surface area contributed by atoms with Crippen LogP contribution in [0.5, 0.6) is 5.75 Å². The average molecular weight is 250 g/mol. The second-order valence-corrected chi connectivity index (χ2v) is 3.91. The standard InChI is InChI=1S/C12H14N2O4/c1-14-10(15)12(18-3,13-11(14)16)8-4-6-9(17-2)7-5-8/h4-7H,1-3H3,(H,13,16)/t12-/m0/s1. The van der Waals surface area contributed by atoms with Gasteiger partial charge in [0.15, 0.2) is 0 Å². The Kier molecular flexibility index (Phi) is 2.96. The molecular formula is C12H14N2O4. The molecule has 0 aromatic heterocycles. The first-order chi connectivity index (χ1) is 8.55. The van der Waals surface area contributed by atoms with E-state index in [2.05, 4.69) is 5.32 Å². The van der Waals surface area contributed by atoms with E-state index in [0.29, 0.717) is 11.3 Å². The van der Waals surface area contributed by atoms with Crippen molar-refractivity contribution in [1.29, 1.82) is 0 Å². The molecule has 0 spiro atoms. The normalized spacial score (nSPS) is 23.2. The SMILES string of the molecule is COc1ccc([C@@]2(OC)NC(=O)N(C)C2=O)cc1. The summed E-state index contributed by atoms with van der Waals surface area (Å²) < 4.78 is 10.3. The Morgan fingerprint density at radius 1 is 1.17 bits per heavy atom. The first kappa shape index (κ1) is 12.4. The molecule has 1 fully saturated rings. The van der Waals surface area contributed by atoms with E-state index in [4.69, 9.17) is 9.47 Å². The van der Waals surface area contributed by atoms with E-state index in [9.17, 15) is 9.59 Å². The zero-order chi connectivity index (χ0) is 13.3. The number of imide groups is 1. The van der Waals surface area contributed by atoms with Gasteiger partial charge in [-0.1, -0.05) is 0 Å². The van der Waals surface area contributed by atoms with Crippen molar-refractivity contribution in [1.82, 2.24) is 10.2 Å². The quantitative estimate of drug-likeness (QED) is 0.801. The van der Waals surface area contributed by atoms with Gasteiger partial charge < -0.3 is 9.47 Å². The van der Waals surface area contributed by atoms with Crippen molar-refractivity contribution in [2.75, 3.05) is 21.3 Å². The summed E-state index contributed by atoms with van der Waals surface area (Å²) in [7, 11) is 4.33. The van der Waals surface area contributed by atoms with Crippen molar-refractivity contribution in [3.63, 3.8) is 0 Å². The van der Waals surface area contributed by atoms with Crippen LogP contribution in [0.3, 0.4) is 0 Å². The number of methoxy groups -OCH3 is 2. The molecule has 6 heteroatoms. The van der Waals surface area contributed by atoms with Gasteiger partial charge in [0.2, 0.25) is 5.72 Å². The van der Waals surface area contributed by atoms with Gasteiger partial charge in [0, 0.05) is 19.7 Å². The number of rotatable bonds is 3. The van der Waals surface area contributed by atoms with Crippen LogP contribution in [0.15, 0.2) is 24.3 Å². The lowest BCUT2D eigenvalue weighted by atomic mass is 10.0. The first-order valence-electron chi connectivity index (χ1n) is 5.35. The van der Waals surface area contributed by atoms with Crippen molar-refractivity contribution >= 4 is 11.9 Å². The van der Waals surface area contributed by atoms with Gasteiger partial charge in [-0.25, -0.2) is 4.79 Å². The molecule has 1 aromatic carbocycles. The highest BCUT2D eigenvalue weighted by Crippen LogP contribution is 2.30. The topological polar surface area (TPSA) is 67.9 Å². The summed E-state index contributed by atoms with van der Waals surface area (Å²) in [6.45, 7) is 0. The van der Waals surface area contributed by atoms with E-state index in [1.165, 1.54) is 14.2 Å². The highest BCUT2D eigenvalue weighted by molar-refractivity contribution is 6.06. The Morgan fingerprint density at radius 2 is 1.78 bits per heavy atom. The summed E-state index contributed by atoms with van der Waals surface area (Å²) in [6, 6.07) is 6.28. The second-order valence-electron chi connectivity index (χ2n) is 3.91. The van der Waals surface area contributed by atoms with E-state index in [0.717, 1.165) is 4.90 Å². The van der Waals surface area contributed by atoms with E-state index >= 15 is 0 Å².